The Morgan fingerprint density at radius 2 is 1.84 bits per heavy atom. The lowest BCUT2D eigenvalue weighted by atomic mass is 9.98. The van der Waals surface area contributed by atoms with Crippen LogP contribution in [-0.2, 0) is 39.9 Å². The first-order chi connectivity index (χ1) is 20.9. The fourth-order valence-corrected chi connectivity index (χ4v) is 4.48. The van der Waals surface area contributed by atoms with Gasteiger partial charge in [-0.25, -0.2) is 0 Å². The smallest absolute Gasteiger partial charge is 0.246 e. The van der Waals surface area contributed by atoms with E-state index in [0.717, 1.165) is 35.6 Å². The average molecular weight is 617 g/mol. The van der Waals surface area contributed by atoms with Crippen LogP contribution in [0.3, 0.4) is 0 Å². The highest BCUT2D eigenvalue weighted by Crippen LogP contribution is 2.17. The van der Waals surface area contributed by atoms with Crippen LogP contribution in [0.4, 0.5) is 5.69 Å². The van der Waals surface area contributed by atoms with Crippen molar-refractivity contribution in [2.24, 2.45) is 5.92 Å². The van der Waals surface area contributed by atoms with E-state index in [1.807, 2.05) is 13.2 Å². The van der Waals surface area contributed by atoms with Gasteiger partial charge in [0.15, 0.2) is 0 Å². The highest BCUT2D eigenvalue weighted by molar-refractivity contribution is 5.97. The molecule has 0 bridgehead atoms. The van der Waals surface area contributed by atoms with E-state index in [1.54, 1.807) is 25.2 Å². The van der Waals surface area contributed by atoms with Gasteiger partial charge in [0.2, 0.25) is 30.0 Å². The standard InChI is InChI=1S/C22H29N5O6.C9H19NO/c1-16(24-20(31)14-27(3)21(32)8-5-11-28)22(33)23-13-19(30)25-18-7-4-6-17(12-18)9-10-26(2)15-29;1-7(2)9(11-3)8-5-4-6-10-8/h4-8,11-12,15-16H,9-10,13-14H2,1-3H3,(H,23,33)(H,24,31)(H,25,30);7-10H,4-6H2,1-3H3/b8-5-;. The van der Waals surface area contributed by atoms with Crippen LogP contribution in [0.5, 0.6) is 0 Å². The zero-order valence-corrected chi connectivity index (χ0v) is 26.6. The summed E-state index contributed by atoms with van der Waals surface area (Å²) < 4.78 is 5.43. The van der Waals surface area contributed by atoms with E-state index in [9.17, 15) is 28.8 Å². The Hall–Kier alpha value is -4.10. The number of nitrogens with zero attached hydrogens (tertiary/aromatic N) is 2. The third-order valence-electron chi connectivity index (χ3n) is 6.84. The van der Waals surface area contributed by atoms with E-state index >= 15 is 0 Å². The van der Waals surface area contributed by atoms with Crippen LogP contribution in [0.2, 0.25) is 0 Å². The number of ether oxygens (including phenoxy) is 1. The molecular formula is C31H48N6O7. The van der Waals surface area contributed by atoms with Gasteiger partial charge in [-0.2, -0.15) is 0 Å². The summed E-state index contributed by atoms with van der Waals surface area (Å²) in [4.78, 5) is 71.4. The molecule has 3 atom stereocenters. The second-order valence-electron chi connectivity index (χ2n) is 10.9. The zero-order chi connectivity index (χ0) is 33.1. The molecule has 0 aromatic heterocycles. The largest absolute Gasteiger partial charge is 0.380 e. The third kappa shape index (κ3) is 14.9. The van der Waals surface area contributed by atoms with E-state index in [0.29, 0.717) is 43.0 Å². The summed E-state index contributed by atoms with van der Waals surface area (Å²) in [5.74, 6) is -1.51. The van der Waals surface area contributed by atoms with Gasteiger partial charge in [0.25, 0.3) is 0 Å². The number of benzene rings is 1. The number of allylic oxidation sites excluding steroid dienone is 1. The predicted molar refractivity (Wildman–Crippen MR) is 168 cm³/mol. The second kappa shape index (κ2) is 20.7. The van der Waals surface area contributed by atoms with E-state index < -0.39 is 29.7 Å². The van der Waals surface area contributed by atoms with Gasteiger partial charge in [-0.1, -0.05) is 26.0 Å². The van der Waals surface area contributed by atoms with E-state index in [4.69, 9.17) is 4.74 Å². The molecule has 2 rings (SSSR count). The van der Waals surface area contributed by atoms with Gasteiger partial charge < -0.3 is 35.8 Å². The highest BCUT2D eigenvalue weighted by Gasteiger charge is 2.26. The molecule has 0 spiro atoms. The number of nitrogens with one attached hydrogen (secondary N) is 4. The van der Waals surface area contributed by atoms with Crippen molar-refractivity contribution >= 4 is 42.0 Å². The molecule has 1 heterocycles. The van der Waals surface area contributed by atoms with Crippen molar-refractivity contribution in [2.45, 2.75) is 58.2 Å². The number of likely N-dealkylation sites (N-methyl/N-ethyl adjacent to an activating group) is 2. The molecule has 0 aliphatic carbocycles. The molecular weight excluding hydrogens is 568 g/mol. The summed E-state index contributed by atoms with van der Waals surface area (Å²) in [5.41, 5.74) is 1.49. The van der Waals surface area contributed by atoms with Crippen LogP contribution in [0, 0.1) is 5.92 Å². The quantitative estimate of drug-likeness (QED) is 0.154. The molecule has 13 heteroatoms. The monoisotopic (exact) mass is 616 g/mol. The SMILES string of the molecule is CC(NC(=O)CN(C)C(=O)/C=C\C=O)C(=O)NCC(=O)Nc1cccc(CCN(C)C=O)c1.COC(C(C)C)C1CCCN1. The minimum absolute atomic E-state index is 0.300. The van der Waals surface area contributed by atoms with Crippen molar-refractivity contribution in [1.82, 2.24) is 25.8 Å². The van der Waals surface area contributed by atoms with Crippen molar-refractivity contribution in [1.29, 1.82) is 0 Å². The predicted octanol–water partition coefficient (Wildman–Crippen LogP) is 0.500. The molecule has 1 saturated heterocycles. The van der Waals surface area contributed by atoms with Crippen molar-refractivity contribution in [3.63, 3.8) is 0 Å². The first-order valence-corrected chi connectivity index (χ1v) is 14.7. The number of hydrogen-bond donors (Lipinski definition) is 4. The first kappa shape index (κ1) is 37.9. The second-order valence-corrected chi connectivity index (χ2v) is 10.9. The maximum absolute atomic E-state index is 12.2. The van der Waals surface area contributed by atoms with Crippen molar-refractivity contribution < 1.29 is 33.5 Å². The van der Waals surface area contributed by atoms with Gasteiger partial charge in [0.1, 0.15) is 12.3 Å². The topological polar surface area (TPSA) is 166 Å². The average Bonchev–Trinajstić information content (AvgIpc) is 3.52. The van der Waals surface area contributed by atoms with Crippen molar-refractivity contribution in [2.75, 3.05) is 52.7 Å². The Bertz CT molecular complexity index is 1120. The maximum Gasteiger partial charge on any atom is 0.246 e. The fourth-order valence-electron chi connectivity index (χ4n) is 4.48. The summed E-state index contributed by atoms with van der Waals surface area (Å²) >= 11 is 0. The highest BCUT2D eigenvalue weighted by atomic mass is 16.5. The Balaban J connectivity index is 0.000000733. The van der Waals surface area contributed by atoms with Crippen LogP contribution in [0.1, 0.15) is 39.2 Å². The lowest BCUT2D eigenvalue weighted by Gasteiger charge is -2.25. The minimum Gasteiger partial charge on any atom is -0.380 e. The number of carbonyl (C=O) groups is 6. The van der Waals surface area contributed by atoms with Gasteiger partial charge in [-0.3, -0.25) is 28.8 Å². The molecule has 0 saturated carbocycles. The normalized spacial score (nSPS) is 15.4. The molecule has 1 aliphatic rings. The van der Waals surface area contributed by atoms with E-state index in [1.165, 1.54) is 31.7 Å². The Labute approximate surface area is 260 Å². The summed E-state index contributed by atoms with van der Waals surface area (Å²) in [6.45, 7) is 6.98. The molecule has 5 amide bonds. The van der Waals surface area contributed by atoms with E-state index in [2.05, 4.69) is 35.1 Å². The Morgan fingerprint density at radius 1 is 1.11 bits per heavy atom. The molecule has 1 aromatic carbocycles. The molecule has 1 aromatic rings. The minimum atomic E-state index is -0.933. The lowest BCUT2D eigenvalue weighted by molar-refractivity contribution is -0.133. The number of carbonyl (C=O) groups excluding carboxylic acids is 6. The Kier molecular flexibility index (Phi) is 17.9. The molecule has 44 heavy (non-hydrogen) atoms. The molecule has 0 radical (unpaired) electrons. The van der Waals surface area contributed by atoms with Crippen LogP contribution in [-0.4, -0.2) is 112 Å². The lowest BCUT2D eigenvalue weighted by Crippen LogP contribution is -2.49. The fraction of sp³-hybridized carbons (Fsp3) is 0.548. The molecule has 4 N–H and O–H groups in total. The number of aldehydes is 1. The molecule has 244 valence electrons. The third-order valence-corrected chi connectivity index (χ3v) is 6.84. The van der Waals surface area contributed by atoms with Gasteiger partial charge in [0.05, 0.1) is 19.2 Å². The summed E-state index contributed by atoms with van der Waals surface area (Å²) in [6.07, 6.45) is 6.82. The van der Waals surface area contributed by atoms with E-state index in [-0.39, 0.29) is 13.1 Å². The summed E-state index contributed by atoms with van der Waals surface area (Å²) in [7, 11) is 4.86. The van der Waals surface area contributed by atoms with Crippen LogP contribution < -0.4 is 21.3 Å². The summed E-state index contributed by atoms with van der Waals surface area (Å²) in [5, 5.41) is 11.0. The molecule has 1 fully saturated rings. The van der Waals surface area contributed by atoms with Gasteiger partial charge in [0, 0.05) is 45.6 Å². The number of anilines is 1. The van der Waals surface area contributed by atoms with Crippen molar-refractivity contribution in [3.05, 3.63) is 42.0 Å². The number of methoxy groups -OCH3 is 1. The summed E-state index contributed by atoms with van der Waals surface area (Å²) in [6, 6.07) is 6.81. The number of amides is 5. The van der Waals surface area contributed by atoms with Gasteiger partial charge >= 0.3 is 0 Å². The van der Waals surface area contributed by atoms with Crippen molar-refractivity contribution in [3.8, 4) is 0 Å². The van der Waals surface area contributed by atoms with Crippen LogP contribution >= 0.6 is 0 Å². The number of hydrogen-bond acceptors (Lipinski definition) is 8. The molecule has 13 nitrogen and oxygen atoms in total. The molecule has 3 unspecified atom stereocenters. The first-order valence-electron chi connectivity index (χ1n) is 14.7. The van der Waals surface area contributed by atoms with Gasteiger partial charge in [-0.15, -0.1) is 0 Å². The molecule has 1 aliphatic heterocycles. The Morgan fingerprint density at radius 3 is 2.43 bits per heavy atom. The maximum atomic E-state index is 12.2. The zero-order valence-electron chi connectivity index (χ0n) is 26.6. The van der Waals surface area contributed by atoms with Crippen LogP contribution in [0.25, 0.3) is 0 Å². The number of rotatable bonds is 16. The van der Waals surface area contributed by atoms with Crippen LogP contribution in [0.15, 0.2) is 36.4 Å². The van der Waals surface area contributed by atoms with Gasteiger partial charge in [-0.05, 0) is 62.4 Å².